The summed E-state index contributed by atoms with van der Waals surface area (Å²) in [6.45, 7) is 2.31. The zero-order chi connectivity index (χ0) is 10.8. The monoisotopic (exact) mass is 202 g/mol. The second kappa shape index (κ2) is 3.87. The van der Waals surface area contributed by atoms with Crippen LogP contribution in [0.2, 0.25) is 0 Å². The highest BCUT2D eigenvalue weighted by molar-refractivity contribution is 6.10. The minimum Gasteiger partial charge on any atom is -0.358 e. The zero-order valence-corrected chi connectivity index (χ0v) is 8.92. The number of aromatic amines is 1. The van der Waals surface area contributed by atoms with E-state index in [4.69, 9.17) is 0 Å². The molecule has 3 nitrogen and oxygen atoms in total. The van der Waals surface area contributed by atoms with Crippen LogP contribution in [0.3, 0.4) is 0 Å². The molecule has 0 fully saturated rings. The Labute approximate surface area is 88.5 Å². The van der Waals surface area contributed by atoms with Gasteiger partial charge in [-0.2, -0.15) is 0 Å². The van der Waals surface area contributed by atoms with Crippen LogP contribution in [0.5, 0.6) is 0 Å². The Morgan fingerprint density at radius 2 is 2.13 bits per heavy atom. The first-order valence-electron chi connectivity index (χ1n) is 4.99. The number of aromatic nitrogens is 1. The summed E-state index contributed by atoms with van der Waals surface area (Å²) in [5.74, 6) is 0.132. The average molecular weight is 202 g/mol. The van der Waals surface area contributed by atoms with E-state index in [2.05, 4.69) is 10.3 Å². The Bertz CT molecular complexity index is 499. The van der Waals surface area contributed by atoms with Gasteiger partial charge in [0.1, 0.15) is 0 Å². The first-order valence-corrected chi connectivity index (χ1v) is 4.99. The Morgan fingerprint density at radius 1 is 1.40 bits per heavy atom. The third kappa shape index (κ3) is 1.66. The zero-order valence-electron chi connectivity index (χ0n) is 8.92. The molecule has 2 rings (SSSR count). The van der Waals surface area contributed by atoms with Crippen molar-refractivity contribution in [2.24, 2.45) is 0 Å². The maximum absolute atomic E-state index is 11.9. The van der Waals surface area contributed by atoms with Crippen molar-refractivity contribution in [1.82, 2.24) is 10.3 Å². The van der Waals surface area contributed by atoms with Crippen LogP contribution in [-0.2, 0) is 0 Å². The Kier molecular flexibility index (Phi) is 2.56. The van der Waals surface area contributed by atoms with Gasteiger partial charge >= 0.3 is 0 Å². The number of Topliss-reactive ketones (excluding diaryl/α,β-unsaturated/α-hetero) is 1. The van der Waals surface area contributed by atoms with Gasteiger partial charge in [0.05, 0.1) is 6.54 Å². The molecule has 0 aliphatic rings. The molecule has 0 radical (unpaired) electrons. The topological polar surface area (TPSA) is 44.9 Å². The van der Waals surface area contributed by atoms with Gasteiger partial charge in [0.15, 0.2) is 5.78 Å². The molecule has 1 aromatic heterocycles. The molecule has 0 saturated carbocycles. The van der Waals surface area contributed by atoms with Crippen LogP contribution in [0.25, 0.3) is 10.9 Å². The molecule has 0 amide bonds. The number of H-pyrrole nitrogens is 1. The van der Waals surface area contributed by atoms with Gasteiger partial charge in [-0.25, -0.2) is 0 Å². The van der Waals surface area contributed by atoms with E-state index in [-0.39, 0.29) is 5.78 Å². The van der Waals surface area contributed by atoms with E-state index in [9.17, 15) is 4.79 Å². The number of aryl methyl sites for hydroxylation is 1. The van der Waals surface area contributed by atoms with E-state index in [0.29, 0.717) is 6.54 Å². The largest absolute Gasteiger partial charge is 0.358 e. The number of rotatable bonds is 3. The average Bonchev–Trinajstić information content (AvgIpc) is 2.54. The highest BCUT2D eigenvalue weighted by Crippen LogP contribution is 2.21. The summed E-state index contributed by atoms with van der Waals surface area (Å²) in [4.78, 5) is 15.1. The molecule has 2 aromatic rings. The Morgan fingerprint density at radius 3 is 2.87 bits per heavy atom. The van der Waals surface area contributed by atoms with Crippen molar-refractivity contribution in [3.8, 4) is 0 Å². The van der Waals surface area contributed by atoms with E-state index < -0.39 is 0 Å². The van der Waals surface area contributed by atoms with Crippen molar-refractivity contribution < 1.29 is 4.79 Å². The van der Waals surface area contributed by atoms with Gasteiger partial charge in [-0.05, 0) is 20.0 Å². The number of hydrogen-bond acceptors (Lipinski definition) is 2. The lowest BCUT2D eigenvalue weighted by Gasteiger charge is -1.99. The van der Waals surface area contributed by atoms with Crippen LogP contribution in [0.1, 0.15) is 16.1 Å². The first kappa shape index (κ1) is 9.93. The highest BCUT2D eigenvalue weighted by atomic mass is 16.1. The first-order chi connectivity index (χ1) is 7.24. The lowest BCUT2D eigenvalue weighted by molar-refractivity contribution is 0.0994. The number of likely N-dealkylation sites (N-methyl/N-ethyl adjacent to an activating group) is 1. The van der Waals surface area contributed by atoms with Crippen LogP contribution < -0.4 is 5.32 Å². The van der Waals surface area contributed by atoms with Gasteiger partial charge in [-0.1, -0.05) is 18.2 Å². The fourth-order valence-corrected chi connectivity index (χ4v) is 1.88. The second-order valence-corrected chi connectivity index (χ2v) is 3.62. The summed E-state index contributed by atoms with van der Waals surface area (Å²) in [6, 6.07) is 7.87. The van der Waals surface area contributed by atoms with Crippen molar-refractivity contribution in [2.45, 2.75) is 6.92 Å². The molecule has 0 aliphatic carbocycles. The molecule has 0 aliphatic heterocycles. The Balaban J connectivity index is 2.58. The number of carbonyl (C=O) groups excluding carboxylic acids is 1. The van der Waals surface area contributed by atoms with Crippen molar-refractivity contribution in [3.05, 3.63) is 35.5 Å². The lowest BCUT2D eigenvalue weighted by Crippen LogP contribution is -2.18. The molecule has 2 N–H and O–H groups in total. The van der Waals surface area contributed by atoms with Gasteiger partial charge in [-0.3, -0.25) is 4.79 Å². The summed E-state index contributed by atoms with van der Waals surface area (Å²) in [5, 5.41) is 3.89. The van der Waals surface area contributed by atoms with Crippen LogP contribution in [0, 0.1) is 6.92 Å². The number of carbonyl (C=O) groups is 1. The molecule has 0 spiro atoms. The summed E-state index contributed by atoms with van der Waals surface area (Å²) >= 11 is 0. The summed E-state index contributed by atoms with van der Waals surface area (Å²) < 4.78 is 0. The van der Waals surface area contributed by atoms with Gasteiger partial charge < -0.3 is 10.3 Å². The van der Waals surface area contributed by atoms with Crippen molar-refractivity contribution in [1.29, 1.82) is 0 Å². The predicted octanol–water partition coefficient (Wildman–Crippen LogP) is 1.88. The number of hydrogen-bond donors (Lipinski definition) is 2. The van der Waals surface area contributed by atoms with Crippen molar-refractivity contribution in [3.63, 3.8) is 0 Å². The third-order valence-corrected chi connectivity index (χ3v) is 2.51. The smallest absolute Gasteiger partial charge is 0.179 e. The quantitative estimate of drug-likeness (QED) is 0.746. The highest BCUT2D eigenvalue weighted by Gasteiger charge is 2.14. The van der Waals surface area contributed by atoms with Crippen LogP contribution in [0.15, 0.2) is 24.3 Å². The number of para-hydroxylation sites is 1. The van der Waals surface area contributed by atoms with E-state index in [1.807, 2.05) is 31.2 Å². The number of ketones is 1. The standard InChI is InChI=1S/C12H14N2O/c1-8-12(11(15)7-13-2)9-5-3-4-6-10(9)14-8/h3-6,13-14H,7H2,1-2H3. The van der Waals surface area contributed by atoms with Crippen molar-refractivity contribution in [2.75, 3.05) is 13.6 Å². The molecule has 1 heterocycles. The minimum atomic E-state index is 0.132. The van der Waals surface area contributed by atoms with E-state index in [0.717, 1.165) is 22.2 Å². The molecule has 0 saturated heterocycles. The number of nitrogens with one attached hydrogen (secondary N) is 2. The number of fused-ring (bicyclic) bond motifs is 1. The maximum Gasteiger partial charge on any atom is 0.179 e. The minimum absolute atomic E-state index is 0.132. The SMILES string of the molecule is CNCC(=O)c1c(C)[nH]c2ccccc12. The van der Waals surface area contributed by atoms with Crippen LogP contribution in [-0.4, -0.2) is 24.4 Å². The van der Waals surface area contributed by atoms with Gasteiger partial charge in [0.25, 0.3) is 0 Å². The van der Waals surface area contributed by atoms with Crippen molar-refractivity contribution >= 4 is 16.7 Å². The van der Waals surface area contributed by atoms with E-state index in [1.165, 1.54) is 0 Å². The Hall–Kier alpha value is -1.61. The van der Waals surface area contributed by atoms with Gasteiger partial charge in [0.2, 0.25) is 0 Å². The van der Waals surface area contributed by atoms with Crippen LogP contribution >= 0.6 is 0 Å². The molecule has 15 heavy (non-hydrogen) atoms. The van der Waals surface area contributed by atoms with E-state index >= 15 is 0 Å². The fourth-order valence-electron chi connectivity index (χ4n) is 1.88. The predicted molar refractivity (Wildman–Crippen MR) is 61.3 cm³/mol. The maximum atomic E-state index is 11.9. The molecule has 1 aromatic carbocycles. The summed E-state index contributed by atoms with van der Waals surface area (Å²) in [6.07, 6.45) is 0. The molecule has 0 atom stereocenters. The fraction of sp³-hybridized carbons (Fsp3) is 0.250. The molecular formula is C12H14N2O. The molecule has 0 unspecified atom stereocenters. The molecule has 0 bridgehead atoms. The third-order valence-electron chi connectivity index (χ3n) is 2.51. The van der Waals surface area contributed by atoms with Crippen LogP contribution in [0.4, 0.5) is 0 Å². The summed E-state index contributed by atoms with van der Waals surface area (Å²) in [5.41, 5.74) is 2.77. The molecule has 78 valence electrons. The molecule has 3 heteroatoms. The normalized spacial score (nSPS) is 10.8. The second-order valence-electron chi connectivity index (χ2n) is 3.62. The van der Waals surface area contributed by atoms with Gasteiger partial charge in [-0.15, -0.1) is 0 Å². The molecular weight excluding hydrogens is 188 g/mol. The van der Waals surface area contributed by atoms with E-state index in [1.54, 1.807) is 7.05 Å². The van der Waals surface area contributed by atoms with Gasteiger partial charge in [0, 0.05) is 22.2 Å². The summed E-state index contributed by atoms with van der Waals surface area (Å²) in [7, 11) is 1.78. The lowest BCUT2D eigenvalue weighted by atomic mass is 10.1. The number of benzene rings is 1.